The maximum absolute atomic E-state index is 5.65. The molecule has 1 aromatic rings. The minimum absolute atomic E-state index is 0.446. The van der Waals surface area contributed by atoms with E-state index < -0.39 is 0 Å². The molecule has 0 amide bonds. The van der Waals surface area contributed by atoms with Gasteiger partial charge in [-0.05, 0) is 50.6 Å². The zero-order valence-electron chi connectivity index (χ0n) is 12.0. The summed E-state index contributed by atoms with van der Waals surface area (Å²) in [5.74, 6) is 0.933. The van der Waals surface area contributed by atoms with Crippen molar-refractivity contribution in [2.75, 3.05) is 13.2 Å². The molecule has 1 rings (SSSR count). The number of rotatable bonds is 7. The van der Waals surface area contributed by atoms with Crippen LogP contribution in [-0.4, -0.2) is 13.2 Å². The van der Waals surface area contributed by atoms with E-state index >= 15 is 0 Å². The molecule has 0 saturated heterocycles. The van der Waals surface area contributed by atoms with E-state index in [1.54, 1.807) is 0 Å². The predicted octanol–water partition coefficient (Wildman–Crippen LogP) is 4.09. The molecule has 2 heteroatoms. The molecule has 0 radical (unpaired) electrons. The van der Waals surface area contributed by atoms with Gasteiger partial charge in [0.2, 0.25) is 0 Å². The van der Waals surface area contributed by atoms with E-state index in [9.17, 15) is 0 Å². The highest BCUT2D eigenvalue weighted by Gasteiger charge is 2.06. The van der Waals surface area contributed by atoms with Crippen LogP contribution < -0.4 is 10.1 Å². The number of hydrogen-bond acceptors (Lipinski definition) is 2. The monoisotopic (exact) mass is 247 g/mol. The summed E-state index contributed by atoms with van der Waals surface area (Å²) in [7, 11) is 0. The van der Waals surface area contributed by atoms with Crippen LogP contribution in [0.15, 0.2) is 35.9 Å². The molecule has 2 nitrogen and oxygen atoms in total. The summed E-state index contributed by atoms with van der Waals surface area (Å²) in [6.45, 7) is 10.1. The van der Waals surface area contributed by atoms with Crippen molar-refractivity contribution in [3.8, 4) is 5.75 Å². The molecule has 100 valence electrons. The highest BCUT2D eigenvalue weighted by molar-refractivity contribution is 5.29. The van der Waals surface area contributed by atoms with Crippen LogP contribution in [0.25, 0.3) is 0 Å². The number of allylic oxidation sites excluding steroid dienone is 1. The third kappa shape index (κ3) is 4.92. The van der Waals surface area contributed by atoms with E-state index in [1.165, 1.54) is 11.1 Å². The average Bonchev–Trinajstić information content (AvgIpc) is 2.36. The molecule has 1 aromatic carbocycles. The molecule has 0 aliphatic heterocycles. The van der Waals surface area contributed by atoms with Gasteiger partial charge in [0.15, 0.2) is 0 Å². The van der Waals surface area contributed by atoms with Gasteiger partial charge in [0.1, 0.15) is 12.4 Å². The van der Waals surface area contributed by atoms with E-state index in [-0.39, 0.29) is 0 Å². The largest absolute Gasteiger partial charge is 0.490 e. The van der Waals surface area contributed by atoms with Crippen LogP contribution in [0.1, 0.15) is 45.7 Å². The lowest BCUT2D eigenvalue weighted by Gasteiger charge is -2.16. The maximum Gasteiger partial charge on any atom is 0.119 e. The first-order valence-electron chi connectivity index (χ1n) is 6.76. The van der Waals surface area contributed by atoms with Gasteiger partial charge in [0, 0.05) is 6.04 Å². The van der Waals surface area contributed by atoms with Crippen LogP contribution in [0, 0.1) is 0 Å². The lowest BCUT2D eigenvalue weighted by Crippen LogP contribution is -2.19. The molecule has 0 aliphatic rings. The summed E-state index contributed by atoms with van der Waals surface area (Å²) in [4.78, 5) is 0. The first-order chi connectivity index (χ1) is 8.67. The first kappa shape index (κ1) is 14.8. The summed E-state index contributed by atoms with van der Waals surface area (Å²) in [5.41, 5.74) is 2.61. The van der Waals surface area contributed by atoms with E-state index in [0.29, 0.717) is 12.6 Å². The van der Waals surface area contributed by atoms with Crippen LogP contribution >= 0.6 is 0 Å². The van der Waals surface area contributed by atoms with Gasteiger partial charge in [0.05, 0.1) is 0 Å². The fraction of sp³-hybridized carbons (Fsp3) is 0.500. The van der Waals surface area contributed by atoms with Gasteiger partial charge in [0.25, 0.3) is 0 Å². The summed E-state index contributed by atoms with van der Waals surface area (Å²) < 4.78 is 5.65. The number of hydrogen-bond donors (Lipinski definition) is 1. The molecule has 18 heavy (non-hydrogen) atoms. The van der Waals surface area contributed by atoms with Crippen molar-refractivity contribution in [2.24, 2.45) is 0 Å². The first-order valence-corrected chi connectivity index (χ1v) is 6.76. The van der Waals surface area contributed by atoms with Crippen LogP contribution in [0.4, 0.5) is 0 Å². The van der Waals surface area contributed by atoms with Gasteiger partial charge in [-0.3, -0.25) is 0 Å². The van der Waals surface area contributed by atoms with E-state index in [2.05, 4.69) is 51.2 Å². The third-order valence-electron chi connectivity index (χ3n) is 2.88. The zero-order valence-corrected chi connectivity index (χ0v) is 12.0. The van der Waals surface area contributed by atoms with Crippen LogP contribution in [0.5, 0.6) is 5.75 Å². The average molecular weight is 247 g/mol. The van der Waals surface area contributed by atoms with Crippen molar-refractivity contribution in [3.05, 3.63) is 41.5 Å². The molecule has 0 aromatic heterocycles. The Morgan fingerprint density at radius 3 is 2.39 bits per heavy atom. The van der Waals surface area contributed by atoms with Crippen molar-refractivity contribution < 1.29 is 4.74 Å². The second-order valence-electron chi connectivity index (χ2n) is 4.68. The van der Waals surface area contributed by atoms with Crippen molar-refractivity contribution >= 4 is 0 Å². The molecular formula is C16H25NO. The summed E-state index contributed by atoms with van der Waals surface area (Å²) in [6.07, 6.45) is 3.19. The van der Waals surface area contributed by atoms with Crippen molar-refractivity contribution in [3.63, 3.8) is 0 Å². The van der Waals surface area contributed by atoms with Gasteiger partial charge >= 0.3 is 0 Å². The van der Waals surface area contributed by atoms with Crippen molar-refractivity contribution in [2.45, 2.75) is 40.2 Å². The smallest absolute Gasteiger partial charge is 0.119 e. The molecule has 0 spiro atoms. The standard InChI is InChI=1S/C16H25NO/c1-5-16(17-6-2)14-7-9-15(10-8-14)18-12-11-13(3)4/h7-11,16-17H,5-6,12H2,1-4H3. The molecule has 1 atom stereocenters. The Labute approximate surface area is 111 Å². The Morgan fingerprint density at radius 1 is 1.22 bits per heavy atom. The van der Waals surface area contributed by atoms with Gasteiger partial charge < -0.3 is 10.1 Å². The molecule has 0 saturated carbocycles. The second kappa shape index (κ2) is 7.93. The Bertz CT molecular complexity index is 363. The quantitative estimate of drug-likeness (QED) is 0.733. The summed E-state index contributed by atoms with van der Waals surface area (Å²) >= 11 is 0. The SMILES string of the molecule is CCNC(CC)c1ccc(OCC=C(C)C)cc1. The minimum Gasteiger partial charge on any atom is -0.490 e. The number of ether oxygens (including phenoxy) is 1. The highest BCUT2D eigenvalue weighted by Crippen LogP contribution is 2.20. The molecule has 1 unspecified atom stereocenters. The molecular weight excluding hydrogens is 222 g/mol. The lowest BCUT2D eigenvalue weighted by molar-refractivity contribution is 0.361. The summed E-state index contributed by atoms with van der Waals surface area (Å²) in [5, 5.41) is 3.48. The predicted molar refractivity (Wildman–Crippen MR) is 78.1 cm³/mol. The maximum atomic E-state index is 5.65. The highest BCUT2D eigenvalue weighted by atomic mass is 16.5. The van der Waals surface area contributed by atoms with Gasteiger partial charge in [-0.1, -0.05) is 31.6 Å². The summed E-state index contributed by atoms with van der Waals surface area (Å²) in [6, 6.07) is 8.84. The van der Waals surface area contributed by atoms with Gasteiger partial charge in [-0.15, -0.1) is 0 Å². The molecule has 0 aliphatic carbocycles. The lowest BCUT2D eigenvalue weighted by atomic mass is 10.0. The van der Waals surface area contributed by atoms with Crippen molar-refractivity contribution in [1.29, 1.82) is 0 Å². The Morgan fingerprint density at radius 2 is 1.89 bits per heavy atom. The molecule has 0 fully saturated rings. The molecule has 0 bridgehead atoms. The second-order valence-corrected chi connectivity index (χ2v) is 4.68. The fourth-order valence-corrected chi connectivity index (χ4v) is 1.85. The fourth-order valence-electron chi connectivity index (χ4n) is 1.85. The van der Waals surface area contributed by atoms with E-state index in [0.717, 1.165) is 18.7 Å². The van der Waals surface area contributed by atoms with Gasteiger partial charge in [-0.25, -0.2) is 0 Å². The van der Waals surface area contributed by atoms with E-state index in [1.807, 2.05) is 12.1 Å². The van der Waals surface area contributed by atoms with Crippen LogP contribution in [0.2, 0.25) is 0 Å². The van der Waals surface area contributed by atoms with Crippen LogP contribution in [-0.2, 0) is 0 Å². The molecule has 0 heterocycles. The van der Waals surface area contributed by atoms with Crippen LogP contribution in [0.3, 0.4) is 0 Å². The van der Waals surface area contributed by atoms with Crippen molar-refractivity contribution in [1.82, 2.24) is 5.32 Å². The normalized spacial score (nSPS) is 12.0. The Hall–Kier alpha value is -1.28. The zero-order chi connectivity index (χ0) is 13.4. The minimum atomic E-state index is 0.446. The number of nitrogens with one attached hydrogen (secondary N) is 1. The van der Waals surface area contributed by atoms with Gasteiger partial charge in [-0.2, -0.15) is 0 Å². The molecule has 1 N–H and O–H groups in total. The topological polar surface area (TPSA) is 21.3 Å². The Balaban J connectivity index is 2.58. The number of benzene rings is 1. The Kier molecular flexibility index (Phi) is 6.51. The van der Waals surface area contributed by atoms with E-state index in [4.69, 9.17) is 4.74 Å². The third-order valence-corrected chi connectivity index (χ3v) is 2.88.